The minimum Gasteiger partial charge on any atom is -0.370 e. The van der Waals surface area contributed by atoms with E-state index in [1.54, 1.807) is 0 Å². The zero-order valence-corrected chi connectivity index (χ0v) is 14.6. The van der Waals surface area contributed by atoms with Crippen molar-refractivity contribution in [2.45, 2.75) is 33.1 Å². The molecule has 0 saturated heterocycles. The average Bonchev–Trinajstić information content (AvgIpc) is 2.46. The first-order chi connectivity index (χ1) is 10.9. The topological polar surface area (TPSA) is 75.4 Å². The van der Waals surface area contributed by atoms with Gasteiger partial charge in [-0.25, -0.2) is 0 Å². The van der Waals surface area contributed by atoms with Gasteiger partial charge >= 0.3 is 0 Å². The van der Waals surface area contributed by atoms with Gasteiger partial charge in [-0.1, -0.05) is 44.2 Å². The maximum absolute atomic E-state index is 11.9. The number of amides is 2. The van der Waals surface area contributed by atoms with Crippen LogP contribution in [0.5, 0.6) is 0 Å². The largest absolute Gasteiger partial charge is 0.370 e. The van der Waals surface area contributed by atoms with Crippen molar-refractivity contribution in [2.75, 3.05) is 13.1 Å². The van der Waals surface area contributed by atoms with E-state index in [1.807, 2.05) is 49.1 Å². The molecule has 0 fully saturated rings. The second-order valence-corrected chi connectivity index (χ2v) is 6.28. The van der Waals surface area contributed by atoms with Gasteiger partial charge in [0.25, 0.3) is 0 Å². The smallest absolute Gasteiger partial charge is 0.226 e. The summed E-state index contributed by atoms with van der Waals surface area (Å²) in [6.45, 7) is 4.98. The highest BCUT2D eigenvalue weighted by molar-refractivity contribution is 7.80. The molecule has 0 heterocycles. The predicted octanol–water partition coefficient (Wildman–Crippen LogP) is 1.85. The zero-order valence-electron chi connectivity index (χ0n) is 13.7. The molecule has 0 aliphatic rings. The first-order valence-electron chi connectivity index (χ1n) is 7.79. The van der Waals surface area contributed by atoms with Crippen LogP contribution in [0.4, 0.5) is 0 Å². The number of hydrogen-bond acceptors (Lipinski definition) is 3. The van der Waals surface area contributed by atoms with Crippen molar-refractivity contribution in [3.8, 4) is 0 Å². The number of rotatable bonds is 8. The first kappa shape index (κ1) is 19.1. The van der Waals surface area contributed by atoms with Crippen LogP contribution in [0.25, 0.3) is 0 Å². The monoisotopic (exact) mass is 335 g/mol. The number of thiocarbonyl (C=S) groups is 1. The van der Waals surface area contributed by atoms with Gasteiger partial charge in [-0.3, -0.25) is 9.59 Å². The van der Waals surface area contributed by atoms with Crippen molar-refractivity contribution in [1.82, 2.24) is 10.2 Å². The minimum absolute atomic E-state index is 0.103. The molecular weight excluding hydrogens is 310 g/mol. The third kappa shape index (κ3) is 8.30. The van der Waals surface area contributed by atoms with E-state index in [0.717, 1.165) is 6.42 Å². The Balaban J connectivity index is 2.61. The van der Waals surface area contributed by atoms with Crippen LogP contribution >= 0.6 is 12.2 Å². The molecule has 1 aromatic carbocycles. The molecule has 0 bridgehead atoms. The van der Waals surface area contributed by atoms with E-state index in [0.29, 0.717) is 24.6 Å². The molecule has 3 N–H and O–H groups in total. The summed E-state index contributed by atoms with van der Waals surface area (Å²) in [7, 11) is 0. The maximum atomic E-state index is 11.9. The lowest BCUT2D eigenvalue weighted by Crippen LogP contribution is -2.45. The lowest BCUT2D eigenvalue weighted by atomic mass is 10.1. The second kappa shape index (κ2) is 9.94. The molecule has 0 aliphatic carbocycles. The second-order valence-electron chi connectivity index (χ2n) is 5.89. The first-order valence-corrected chi connectivity index (χ1v) is 8.20. The van der Waals surface area contributed by atoms with Crippen LogP contribution in [0.15, 0.2) is 30.3 Å². The summed E-state index contributed by atoms with van der Waals surface area (Å²) < 4.78 is 0. The van der Waals surface area contributed by atoms with Crippen molar-refractivity contribution >= 4 is 29.1 Å². The van der Waals surface area contributed by atoms with Crippen molar-refractivity contribution < 1.29 is 9.59 Å². The van der Waals surface area contributed by atoms with Crippen LogP contribution in [-0.2, 0) is 16.0 Å². The van der Waals surface area contributed by atoms with Crippen LogP contribution in [-0.4, -0.2) is 34.9 Å². The van der Waals surface area contributed by atoms with Gasteiger partial charge in [0.15, 0.2) is 5.11 Å². The van der Waals surface area contributed by atoms with Gasteiger partial charge in [0.1, 0.15) is 0 Å². The Morgan fingerprint density at radius 2 is 1.87 bits per heavy atom. The van der Waals surface area contributed by atoms with Gasteiger partial charge in [-0.2, -0.15) is 0 Å². The highest BCUT2D eigenvalue weighted by Crippen LogP contribution is 2.04. The Morgan fingerprint density at radius 1 is 1.22 bits per heavy atom. The zero-order chi connectivity index (χ0) is 17.2. The van der Waals surface area contributed by atoms with Crippen LogP contribution in [0, 0.1) is 5.92 Å². The van der Waals surface area contributed by atoms with Crippen molar-refractivity contribution in [2.24, 2.45) is 11.7 Å². The molecule has 0 radical (unpaired) electrons. The summed E-state index contributed by atoms with van der Waals surface area (Å²) >= 11 is 5.31. The Morgan fingerprint density at radius 3 is 2.43 bits per heavy atom. The van der Waals surface area contributed by atoms with Crippen molar-refractivity contribution in [1.29, 1.82) is 0 Å². The molecule has 1 rings (SSSR count). The number of carbonyl (C=O) groups excluding carboxylic acids is 2. The molecule has 23 heavy (non-hydrogen) atoms. The summed E-state index contributed by atoms with van der Waals surface area (Å²) in [5.74, 6) is -0.221. The van der Waals surface area contributed by atoms with Crippen LogP contribution in [0.2, 0.25) is 0 Å². The molecule has 0 aliphatic heterocycles. The highest BCUT2D eigenvalue weighted by Gasteiger charge is 2.14. The molecule has 0 atom stereocenters. The Labute approximate surface area is 143 Å². The van der Waals surface area contributed by atoms with Crippen LogP contribution < -0.4 is 11.1 Å². The van der Waals surface area contributed by atoms with Gasteiger partial charge in [0.2, 0.25) is 11.8 Å². The molecule has 0 saturated carbocycles. The molecule has 1 aromatic rings. The van der Waals surface area contributed by atoms with E-state index in [1.165, 1.54) is 5.56 Å². The van der Waals surface area contributed by atoms with Gasteiger partial charge in [0.05, 0.1) is 0 Å². The number of benzene rings is 1. The fraction of sp³-hybridized carbons (Fsp3) is 0.471. The molecule has 0 spiro atoms. The fourth-order valence-corrected chi connectivity index (χ4v) is 2.39. The van der Waals surface area contributed by atoms with Crippen LogP contribution in [0.1, 0.15) is 32.3 Å². The number of primary amides is 1. The van der Waals surface area contributed by atoms with E-state index >= 15 is 0 Å². The van der Waals surface area contributed by atoms with Crippen molar-refractivity contribution in [3.63, 3.8) is 0 Å². The van der Waals surface area contributed by atoms with E-state index in [4.69, 9.17) is 18.0 Å². The molecular formula is C17H25N3O2S. The summed E-state index contributed by atoms with van der Waals surface area (Å²) in [6, 6.07) is 9.99. The molecule has 6 heteroatoms. The number of nitrogens with one attached hydrogen (secondary N) is 1. The fourth-order valence-electron chi connectivity index (χ4n) is 2.09. The van der Waals surface area contributed by atoms with Gasteiger partial charge < -0.3 is 16.0 Å². The normalized spacial score (nSPS) is 10.4. The van der Waals surface area contributed by atoms with E-state index in [2.05, 4.69) is 5.32 Å². The van der Waals surface area contributed by atoms with Gasteiger partial charge in [-0.15, -0.1) is 0 Å². The Hall–Kier alpha value is -1.95. The van der Waals surface area contributed by atoms with Crippen molar-refractivity contribution in [3.05, 3.63) is 35.9 Å². The number of carbonyl (C=O) groups is 2. The Bertz CT molecular complexity index is 532. The third-order valence-corrected chi connectivity index (χ3v) is 3.63. The predicted molar refractivity (Wildman–Crippen MR) is 95.7 cm³/mol. The number of nitrogens with zero attached hydrogens (tertiary/aromatic N) is 1. The lowest BCUT2D eigenvalue weighted by Gasteiger charge is -2.25. The summed E-state index contributed by atoms with van der Waals surface area (Å²) in [5.41, 5.74) is 6.39. The maximum Gasteiger partial charge on any atom is 0.226 e. The lowest BCUT2D eigenvalue weighted by molar-refractivity contribution is -0.120. The summed E-state index contributed by atoms with van der Waals surface area (Å²) in [4.78, 5) is 24.7. The average molecular weight is 335 g/mol. The number of nitrogens with two attached hydrogens (primary N) is 1. The quantitative estimate of drug-likeness (QED) is 0.711. The van der Waals surface area contributed by atoms with E-state index in [-0.39, 0.29) is 24.2 Å². The van der Waals surface area contributed by atoms with Gasteiger partial charge in [0, 0.05) is 25.9 Å². The standard InChI is InChI=1S/C17H25N3O2S/c1-13(2)12-16(22)19-17(23)20(11-9-15(18)21)10-8-14-6-4-3-5-7-14/h3-7,13H,8-12H2,1-2H3,(H2,18,21)(H,19,22,23). The molecule has 0 unspecified atom stereocenters. The summed E-state index contributed by atoms with van der Waals surface area (Å²) in [5, 5.41) is 3.09. The molecule has 5 nitrogen and oxygen atoms in total. The Kier molecular flexibility index (Phi) is 8.26. The SMILES string of the molecule is CC(C)CC(=O)NC(=S)N(CCC(N)=O)CCc1ccccc1. The molecule has 2 amide bonds. The third-order valence-electron chi connectivity index (χ3n) is 3.27. The van der Waals surface area contributed by atoms with E-state index in [9.17, 15) is 9.59 Å². The highest BCUT2D eigenvalue weighted by atomic mass is 32.1. The molecule has 126 valence electrons. The summed E-state index contributed by atoms with van der Waals surface area (Å²) in [6.07, 6.45) is 1.40. The minimum atomic E-state index is -0.383. The van der Waals surface area contributed by atoms with Gasteiger partial charge in [-0.05, 0) is 30.1 Å². The van der Waals surface area contributed by atoms with E-state index < -0.39 is 0 Å². The number of hydrogen-bond donors (Lipinski definition) is 2. The van der Waals surface area contributed by atoms with Crippen LogP contribution in [0.3, 0.4) is 0 Å². The molecule has 0 aromatic heterocycles.